The van der Waals surface area contributed by atoms with Crippen molar-refractivity contribution in [3.63, 3.8) is 0 Å². The zero-order valence-corrected chi connectivity index (χ0v) is 12.4. The summed E-state index contributed by atoms with van der Waals surface area (Å²) in [5, 5.41) is 0. The van der Waals surface area contributed by atoms with Crippen LogP contribution in [0.4, 0.5) is 0 Å². The number of piperidine rings is 1. The van der Waals surface area contributed by atoms with Crippen LogP contribution in [0.3, 0.4) is 0 Å². The predicted octanol–water partition coefficient (Wildman–Crippen LogP) is 0.834. The fourth-order valence-corrected chi connectivity index (χ4v) is 3.09. The molecule has 0 aromatic carbocycles. The molecule has 0 aromatic heterocycles. The first-order chi connectivity index (χ1) is 10.1. The van der Waals surface area contributed by atoms with Crippen LogP contribution in [0.1, 0.15) is 44.9 Å². The predicted molar refractivity (Wildman–Crippen MR) is 76.0 cm³/mol. The van der Waals surface area contributed by atoms with E-state index in [1.807, 2.05) is 0 Å². The van der Waals surface area contributed by atoms with E-state index >= 15 is 0 Å². The third-order valence-corrected chi connectivity index (χ3v) is 4.53. The second-order valence-electron chi connectivity index (χ2n) is 6.00. The number of carbonyl (C=O) groups excluding carboxylic acids is 3. The Labute approximate surface area is 125 Å². The first-order valence-electron chi connectivity index (χ1n) is 7.81. The first-order valence-corrected chi connectivity index (χ1v) is 7.81. The fourth-order valence-electron chi connectivity index (χ4n) is 3.09. The quantitative estimate of drug-likeness (QED) is 0.778. The highest BCUT2D eigenvalue weighted by Crippen LogP contribution is 2.24. The molecule has 0 bridgehead atoms. The Morgan fingerprint density at radius 2 is 1.57 bits per heavy atom. The standard InChI is InChI=1S/C15H24N2O4/c16-14(19)11-6-8-17(9-7-11)13(18)10-21-15(20)12-4-2-1-3-5-12/h11-12H,1-10H2,(H2,16,19). The van der Waals surface area contributed by atoms with Gasteiger partial charge in [-0.05, 0) is 25.7 Å². The number of carbonyl (C=O) groups is 3. The Morgan fingerprint density at radius 1 is 0.952 bits per heavy atom. The minimum atomic E-state index is -0.300. The molecule has 0 spiro atoms. The summed E-state index contributed by atoms with van der Waals surface area (Å²) in [6.45, 7) is 0.831. The number of likely N-dealkylation sites (tertiary alicyclic amines) is 1. The average molecular weight is 296 g/mol. The van der Waals surface area contributed by atoms with Crippen molar-refractivity contribution < 1.29 is 19.1 Å². The van der Waals surface area contributed by atoms with E-state index in [0.717, 1.165) is 25.7 Å². The molecule has 6 heteroatoms. The van der Waals surface area contributed by atoms with Gasteiger partial charge in [-0.15, -0.1) is 0 Å². The number of amides is 2. The van der Waals surface area contributed by atoms with E-state index in [2.05, 4.69) is 0 Å². The molecular formula is C15H24N2O4. The van der Waals surface area contributed by atoms with Crippen molar-refractivity contribution >= 4 is 17.8 Å². The lowest BCUT2D eigenvalue weighted by Crippen LogP contribution is -2.43. The highest BCUT2D eigenvalue weighted by Gasteiger charge is 2.27. The highest BCUT2D eigenvalue weighted by molar-refractivity contribution is 5.82. The lowest BCUT2D eigenvalue weighted by atomic mass is 9.89. The maximum atomic E-state index is 12.0. The van der Waals surface area contributed by atoms with Gasteiger partial charge in [0.25, 0.3) is 5.91 Å². The largest absolute Gasteiger partial charge is 0.455 e. The molecule has 0 radical (unpaired) electrons. The topological polar surface area (TPSA) is 89.7 Å². The number of rotatable bonds is 4. The van der Waals surface area contributed by atoms with Crippen LogP contribution in [0.5, 0.6) is 0 Å². The van der Waals surface area contributed by atoms with Gasteiger partial charge in [0.1, 0.15) is 0 Å². The molecule has 118 valence electrons. The molecule has 0 atom stereocenters. The lowest BCUT2D eigenvalue weighted by molar-refractivity contribution is -0.156. The van der Waals surface area contributed by atoms with Gasteiger partial charge in [-0.3, -0.25) is 14.4 Å². The van der Waals surface area contributed by atoms with Crippen LogP contribution < -0.4 is 5.73 Å². The zero-order chi connectivity index (χ0) is 15.2. The minimum absolute atomic E-state index is 0.0350. The fraction of sp³-hybridized carbons (Fsp3) is 0.800. The summed E-state index contributed by atoms with van der Waals surface area (Å²) in [6, 6.07) is 0. The molecule has 2 rings (SSSR count). The van der Waals surface area contributed by atoms with Crippen LogP contribution in [0.15, 0.2) is 0 Å². The van der Waals surface area contributed by atoms with Crippen LogP contribution >= 0.6 is 0 Å². The van der Waals surface area contributed by atoms with E-state index in [-0.39, 0.29) is 36.2 Å². The van der Waals surface area contributed by atoms with E-state index in [1.165, 1.54) is 6.42 Å². The second kappa shape index (κ2) is 7.43. The number of esters is 1. The molecule has 0 unspecified atom stereocenters. The van der Waals surface area contributed by atoms with Crippen LogP contribution in [-0.4, -0.2) is 42.4 Å². The van der Waals surface area contributed by atoms with Crippen molar-refractivity contribution in [1.82, 2.24) is 4.90 Å². The molecule has 6 nitrogen and oxygen atoms in total. The number of ether oxygens (including phenoxy) is 1. The molecule has 2 fully saturated rings. The highest BCUT2D eigenvalue weighted by atomic mass is 16.5. The smallest absolute Gasteiger partial charge is 0.309 e. The number of hydrogen-bond donors (Lipinski definition) is 1. The van der Waals surface area contributed by atoms with Gasteiger partial charge in [-0.25, -0.2) is 0 Å². The van der Waals surface area contributed by atoms with Crippen molar-refractivity contribution in [1.29, 1.82) is 0 Å². The van der Waals surface area contributed by atoms with Crippen molar-refractivity contribution in [2.45, 2.75) is 44.9 Å². The molecule has 1 saturated heterocycles. The maximum absolute atomic E-state index is 12.0. The molecule has 1 saturated carbocycles. The SMILES string of the molecule is NC(=O)C1CCN(C(=O)COC(=O)C2CCCCC2)CC1. The first kappa shape index (κ1) is 15.8. The molecular weight excluding hydrogens is 272 g/mol. The van der Waals surface area contributed by atoms with Crippen molar-refractivity contribution in [3.8, 4) is 0 Å². The third kappa shape index (κ3) is 4.44. The molecule has 1 heterocycles. The van der Waals surface area contributed by atoms with Crippen molar-refractivity contribution in [2.24, 2.45) is 17.6 Å². The van der Waals surface area contributed by atoms with Crippen LogP contribution in [0.2, 0.25) is 0 Å². The Bertz CT molecular complexity index is 396. The normalized spacial score (nSPS) is 21.0. The van der Waals surface area contributed by atoms with Gasteiger partial charge in [-0.2, -0.15) is 0 Å². The van der Waals surface area contributed by atoms with Crippen molar-refractivity contribution in [3.05, 3.63) is 0 Å². The minimum Gasteiger partial charge on any atom is -0.455 e. The summed E-state index contributed by atoms with van der Waals surface area (Å²) < 4.78 is 5.15. The molecule has 21 heavy (non-hydrogen) atoms. The third-order valence-electron chi connectivity index (χ3n) is 4.53. The molecule has 1 aliphatic heterocycles. The van der Waals surface area contributed by atoms with E-state index in [0.29, 0.717) is 25.9 Å². The van der Waals surface area contributed by atoms with E-state index in [4.69, 9.17) is 10.5 Å². The number of primary amides is 1. The Balaban J connectivity index is 1.70. The van der Waals surface area contributed by atoms with Gasteiger partial charge >= 0.3 is 5.97 Å². The Morgan fingerprint density at radius 3 is 2.14 bits per heavy atom. The van der Waals surface area contributed by atoms with Crippen molar-refractivity contribution in [2.75, 3.05) is 19.7 Å². The molecule has 0 aromatic rings. The van der Waals surface area contributed by atoms with Gasteiger partial charge < -0.3 is 15.4 Å². The van der Waals surface area contributed by atoms with E-state index < -0.39 is 0 Å². The lowest BCUT2D eigenvalue weighted by Gasteiger charge is -2.30. The van der Waals surface area contributed by atoms with Gasteiger partial charge in [0.05, 0.1) is 5.92 Å². The van der Waals surface area contributed by atoms with Gasteiger partial charge in [-0.1, -0.05) is 19.3 Å². The maximum Gasteiger partial charge on any atom is 0.309 e. The Hall–Kier alpha value is -1.59. The number of nitrogens with zero attached hydrogens (tertiary/aromatic N) is 1. The average Bonchev–Trinajstić information content (AvgIpc) is 2.53. The summed E-state index contributed by atoms with van der Waals surface area (Å²) in [5.74, 6) is -0.894. The number of nitrogens with two attached hydrogens (primary N) is 1. The number of hydrogen-bond acceptors (Lipinski definition) is 4. The summed E-state index contributed by atoms with van der Waals surface area (Å²) in [4.78, 5) is 36.6. The second-order valence-corrected chi connectivity index (χ2v) is 6.00. The van der Waals surface area contributed by atoms with E-state index in [9.17, 15) is 14.4 Å². The monoisotopic (exact) mass is 296 g/mol. The van der Waals surface area contributed by atoms with Crippen LogP contribution in [0, 0.1) is 11.8 Å². The molecule has 2 N–H and O–H groups in total. The summed E-state index contributed by atoms with van der Waals surface area (Å²) in [5.41, 5.74) is 5.26. The summed E-state index contributed by atoms with van der Waals surface area (Å²) >= 11 is 0. The van der Waals surface area contributed by atoms with Gasteiger partial charge in [0, 0.05) is 19.0 Å². The van der Waals surface area contributed by atoms with Crippen LogP contribution in [-0.2, 0) is 19.1 Å². The van der Waals surface area contributed by atoms with Crippen LogP contribution in [0.25, 0.3) is 0 Å². The van der Waals surface area contributed by atoms with Gasteiger partial charge in [0.15, 0.2) is 6.61 Å². The van der Waals surface area contributed by atoms with E-state index in [1.54, 1.807) is 4.90 Å². The Kier molecular flexibility index (Phi) is 5.59. The summed E-state index contributed by atoms with van der Waals surface area (Å²) in [6.07, 6.45) is 6.24. The molecule has 1 aliphatic carbocycles. The molecule has 2 aliphatic rings. The van der Waals surface area contributed by atoms with Gasteiger partial charge in [0.2, 0.25) is 5.91 Å². The molecule has 2 amide bonds. The summed E-state index contributed by atoms with van der Waals surface area (Å²) in [7, 11) is 0. The zero-order valence-electron chi connectivity index (χ0n) is 12.4.